The average Bonchev–Trinajstić information content (AvgIpc) is 2.54. The van der Waals surface area contributed by atoms with Gasteiger partial charge in [0.2, 0.25) is 5.91 Å². The van der Waals surface area contributed by atoms with E-state index >= 15 is 0 Å². The second kappa shape index (κ2) is 6.48. The second-order valence-corrected chi connectivity index (χ2v) is 6.16. The van der Waals surface area contributed by atoms with Crippen LogP contribution in [0.25, 0.3) is 0 Å². The number of carboxylic acid groups (broad SMARTS) is 1. The minimum absolute atomic E-state index is 0.0415. The summed E-state index contributed by atoms with van der Waals surface area (Å²) in [4.78, 5) is 25.4. The van der Waals surface area contributed by atoms with Crippen molar-refractivity contribution < 1.29 is 24.2 Å². The zero-order valence-corrected chi connectivity index (χ0v) is 13.2. The number of carbonyl (C=O) groups excluding carboxylic acids is 1. The van der Waals surface area contributed by atoms with Gasteiger partial charge < -0.3 is 19.5 Å². The van der Waals surface area contributed by atoms with Gasteiger partial charge in [0.05, 0.1) is 12.3 Å². The van der Waals surface area contributed by atoms with E-state index in [0.29, 0.717) is 37.7 Å². The van der Waals surface area contributed by atoms with Gasteiger partial charge in [-0.05, 0) is 37.5 Å². The van der Waals surface area contributed by atoms with Gasteiger partial charge in [0.1, 0.15) is 13.2 Å². The van der Waals surface area contributed by atoms with Crippen molar-refractivity contribution in [2.75, 3.05) is 19.8 Å². The summed E-state index contributed by atoms with van der Waals surface area (Å²) in [6.07, 6.45) is 1.60. The number of fused-ring (bicyclic) bond motifs is 1. The molecular formula is C17H21NO5. The number of hydrogen-bond donors (Lipinski definition) is 1. The third-order valence-electron chi connectivity index (χ3n) is 4.51. The highest BCUT2D eigenvalue weighted by atomic mass is 16.6. The van der Waals surface area contributed by atoms with E-state index in [1.54, 1.807) is 4.90 Å². The summed E-state index contributed by atoms with van der Waals surface area (Å²) in [6.45, 7) is 3.31. The zero-order chi connectivity index (χ0) is 16.4. The molecule has 1 N–H and O–H groups in total. The van der Waals surface area contributed by atoms with Gasteiger partial charge in [-0.15, -0.1) is 0 Å². The van der Waals surface area contributed by atoms with Gasteiger partial charge in [0.15, 0.2) is 11.5 Å². The van der Waals surface area contributed by atoms with Crippen molar-refractivity contribution in [1.82, 2.24) is 4.90 Å². The van der Waals surface area contributed by atoms with Gasteiger partial charge in [0, 0.05) is 12.6 Å². The maximum absolute atomic E-state index is 12.6. The number of carboxylic acids is 1. The fraction of sp³-hybridized carbons (Fsp3) is 0.529. The monoisotopic (exact) mass is 319 g/mol. The molecule has 2 aliphatic heterocycles. The summed E-state index contributed by atoms with van der Waals surface area (Å²) in [5.41, 5.74) is 0.851. The van der Waals surface area contributed by atoms with Crippen LogP contribution in [-0.2, 0) is 16.0 Å². The molecule has 1 unspecified atom stereocenters. The Morgan fingerprint density at radius 2 is 1.96 bits per heavy atom. The molecule has 1 aromatic carbocycles. The first-order valence-corrected chi connectivity index (χ1v) is 7.95. The van der Waals surface area contributed by atoms with E-state index in [4.69, 9.17) is 9.47 Å². The van der Waals surface area contributed by atoms with Crippen molar-refractivity contribution in [2.45, 2.75) is 32.2 Å². The number of benzene rings is 1. The Labute approximate surface area is 135 Å². The fourth-order valence-corrected chi connectivity index (χ4v) is 3.13. The van der Waals surface area contributed by atoms with E-state index in [-0.39, 0.29) is 18.4 Å². The molecule has 2 atom stereocenters. The molecule has 124 valence electrons. The molecule has 1 amide bonds. The lowest BCUT2D eigenvalue weighted by atomic mass is 9.93. The minimum Gasteiger partial charge on any atom is -0.486 e. The fourth-order valence-electron chi connectivity index (χ4n) is 3.13. The van der Waals surface area contributed by atoms with E-state index in [1.165, 1.54) is 0 Å². The lowest BCUT2D eigenvalue weighted by Gasteiger charge is -2.36. The van der Waals surface area contributed by atoms with E-state index in [0.717, 1.165) is 12.0 Å². The SMILES string of the molecule is C[C@H]1CCC(C(=O)O)CN1C(=O)Cc1ccc2c(c1)OCCO2. The summed E-state index contributed by atoms with van der Waals surface area (Å²) in [6, 6.07) is 5.58. The Morgan fingerprint density at radius 1 is 1.22 bits per heavy atom. The highest BCUT2D eigenvalue weighted by molar-refractivity contribution is 5.80. The molecule has 0 spiro atoms. The molecule has 1 aromatic rings. The first-order chi connectivity index (χ1) is 11.0. The molecule has 2 heterocycles. The number of ether oxygens (including phenoxy) is 2. The maximum Gasteiger partial charge on any atom is 0.308 e. The second-order valence-electron chi connectivity index (χ2n) is 6.16. The van der Waals surface area contributed by atoms with E-state index in [1.807, 2.05) is 25.1 Å². The first kappa shape index (κ1) is 15.6. The van der Waals surface area contributed by atoms with Crippen molar-refractivity contribution in [3.8, 4) is 11.5 Å². The Balaban J connectivity index is 1.69. The molecule has 0 saturated carbocycles. The Hall–Kier alpha value is -2.24. The first-order valence-electron chi connectivity index (χ1n) is 7.95. The lowest BCUT2D eigenvalue weighted by molar-refractivity contribution is -0.146. The number of likely N-dealkylation sites (tertiary alicyclic amines) is 1. The normalized spacial score (nSPS) is 23.4. The van der Waals surface area contributed by atoms with Gasteiger partial charge in [-0.1, -0.05) is 6.07 Å². The van der Waals surface area contributed by atoms with Crippen molar-refractivity contribution in [3.63, 3.8) is 0 Å². The summed E-state index contributed by atoms with van der Waals surface area (Å²) >= 11 is 0. The average molecular weight is 319 g/mol. The highest BCUT2D eigenvalue weighted by Crippen LogP contribution is 2.31. The van der Waals surface area contributed by atoms with Crippen LogP contribution in [0, 0.1) is 5.92 Å². The largest absolute Gasteiger partial charge is 0.486 e. The molecule has 6 heteroatoms. The molecule has 23 heavy (non-hydrogen) atoms. The Morgan fingerprint density at radius 3 is 2.70 bits per heavy atom. The van der Waals surface area contributed by atoms with Gasteiger partial charge >= 0.3 is 5.97 Å². The number of rotatable bonds is 3. The van der Waals surface area contributed by atoms with Crippen LogP contribution in [0.4, 0.5) is 0 Å². The van der Waals surface area contributed by atoms with Crippen LogP contribution in [0.1, 0.15) is 25.3 Å². The number of carbonyl (C=O) groups is 2. The molecular weight excluding hydrogens is 298 g/mol. The van der Waals surface area contributed by atoms with Crippen LogP contribution in [0.2, 0.25) is 0 Å². The number of hydrogen-bond acceptors (Lipinski definition) is 4. The van der Waals surface area contributed by atoms with Crippen LogP contribution in [0.3, 0.4) is 0 Å². The van der Waals surface area contributed by atoms with Gasteiger partial charge in [-0.3, -0.25) is 9.59 Å². The standard InChI is InChI=1S/C17H21NO5/c1-11-2-4-13(17(20)21)10-18(11)16(19)9-12-3-5-14-15(8-12)23-7-6-22-14/h3,5,8,11,13H,2,4,6-7,9-10H2,1H3,(H,20,21)/t11-,13?/m0/s1. The van der Waals surface area contributed by atoms with Crippen molar-refractivity contribution in [3.05, 3.63) is 23.8 Å². The predicted octanol–water partition coefficient (Wildman–Crippen LogP) is 1.71. The molecule has 0 aromatic heterocycles. The third-order valence-corrected chi connectivity index (χ3v) is 4.51. The number of nitrogens with zero attached hydrogens (tertiary/aromatic N) is 1. The van der Waals surface area contributed by atoms with Crippen LogP contribution in [-0.4, -0.2) is 47.7 Å². The smallest absolute Gasteiger partial charge is 0.308 e. The maximum atomic E-state index is 12.6. The number of amides is 1. The van der Waals surface area contributed by atoms with Crippen molar-refractivity contribution >= 4 is 11.9 Å². The summed E-state index contributed by atoms with van der Waals surface area (Å²) < 4.78 is 11.0. The topological polar surface area (TPSA) is 76.1 Å². The van der Waals surface area contributed by atoms with Crippen LogP contribution < -0.4 is 9.47 Å². The van der Waals surface area contributed by atoms with E-state index < -0.39 is 11.9 Å². The Bertz CT molecular complexity index is 615. The van der Waals surface area contributed by atoms with Crippen LogP contribution >= 0.6 is 0 Å². The van der Waals surface area contributed by atoms with Crippen molar-refractivity contribution in [2.24, 2.45) is 5.92 Å². The summed E-state index contributed by atoms with van der Waals surface area (Å²) in [7, 11) is 0. The van der Waals surface area contributed by atoms with Gasteiger partial charge in [-0.2, -0.15) is 0 Å². The minimum atomic E-state index is -0.825. The Kier molecular flexibility index (Phi) is 4.41. The molecule has 1 fully saturated rings. The van der Waals surface area contributed by atoms with Crippen LogP contribution in [0.15, 0.2) is 18.2 Å². The molecule has 2 aliphatic rings. The lowest BCUT2D eigenvalue weighted by Crippen LogP contribution is -2.47. The predicted molar refractivity (Wildman–Crippen MR) is 82.7 cm³/mol. The highest BCUT2D eigenvalue weighted by Gasteiger charge is 2.32. The molecule has 6 nitrogen and oxygen atoms in total. The van der Waals surface area contributed by atoms with Gasteiger partial charge in [0.25, 0.3) is 0 Å². The molecule has 0 bridgehead atoms. The van der Waals surface area contributed by atoms with E-state index in [2.05, 4.69) is 0 Å². The van der Waals surface area contributed by atoms with E-state index in [9.17, 15) is 14.7 Å². The summed E-state index contributed by atoms with van der Waals surface area (Å²) in [5.74, 6) is 0.0333. The molecule has 0 aliphatic carbocycles. The molecule has 0 radical (unpaired) electrons. The third kappa shape index (κ3) is 3.41. The molecule has 3 rings (SSSR count). The van der Waals surface area contributed by atoms with Crippen molar-refractivity contribution in [1.29, 1.82) is 0 Å². The molecule has 1 saturated heterocycles. The number of aliphatic carboxylic acids is 1. The van der Waals surface area contributed by atoms with Gasteiger partial charge in [-0.25, -0.2) is 0 Å². The number of piperidine rings is 1. The quantitative estimate of drug-likeness (QED) is 0.918. The summed E-state index contributed by atoms with van der Waals surface area (Å²) in [5, 5.41) is 9.18. The zero-order valence-electron chi connectivity index (χ0n) is 13.2. The van der Waals surface area contributed by atoms with Crippen LogP contribution in [0.5, 0.6) is 11.5 Å².